The van der Waals surface area contributed by atoms with Crippen molar-refractivity contribution in [3.8, 4) is 0 Å². The molecule has 0 aliphatic heterocycles. The first-order chi connectivity index (χ1) is 8.19. The molecule has 0 radical (unpaired) electrons. The first kappa shape index (κ1) is 10.8. The van der Waals surface area contributed by atoms with E-state index in [0.29, 0.717) is 0 Å². The lowest BCUT2D eigenvalue weighted by molar-refractivity contribution is 0.473. The third-order valence-electron chi connectivity index (χ3n) is 3.54. The zero-order chi connectivity index (χ0) is 11.9. The van der Waals surface area contributed by atoms with Gasteiger partial charge in [-0.15, -0.1) is 0 Å². The molecule has 17 heavy (non-hydrogen) atoms. The highest BCUT2D eigenvalue weighted by Crippen LogP contribution is 2.38. The lowest BCUT2D eigenvalue weighted by Gasteiger charge is -2.25. The summed E-state index contributed by atoms with van der Waals surface area (Å²) in [5, 5.41) is 0.766. The van der Waals surface area contributed by atoms with E-state index in [9.17, 15) is 0 Å². The molecule has 0 amide bonds. The minimum Gasteiger partial charge on any atom is -0.321 e. The maximum atomic E-state index is 6.55. The molecule has 1 nitrogen and oxygen atoms in total. The molecular weight excluding hydrogens is 230 g/mol. The van der Waals surface area contributed by atoms with Crippen LogP contribution in [0.4, 0.5) is 0 Å². The molecule has 0 unspecified atom stereocenters. The van der Waals surface area contributed by atoms with Crippen LogP contribution in [-0.2, 0) is 18.4 Å². The van der Waals surface area contributed by atoms with E-state index in [-0.39, 0.29) is 5.54 Å². The first-order valence-electron chi connectivity index (χ1n) is 5.80. The van der Waals surface area contributed by atoms with Crippen molar-refractivity contribution in [3.63, 3.8) is 0 Å². The zero-order valence-electron chi connectivity index (χ0n) is 9.49. The van der Waals surface area contributed by atoms with Crippen molar-refractivity contribution < 1.29 is 0 Å². The molecule has 3 rings (SSSR count). The zero-order valence-corrected chi connectivity index (χ0v) is 10.2. The highest BCUT2D eigenvalue weighted by Gasteiger charge is 2.36. The van der Waals surface area contributed by atoms with Crippen molar-refractivity contribution in [1.82, 2.24) is 0 Å². The van der Waals surface area contributed by atoms with E-state index in [2.05, 4.69) is 24.3 Å². The first-order valence-corrected chi connectivity index (χ1v) is 6.17. The quantitative estimate of drug-likeness (QED) is 0.817. The molecule has 0 saturated heterocycles. The highest BCUT2D eigenvalue weighted by atomic mass is 35.5. The molecule has 0 bridgehead atoms. The van der Waals surface area contributed by atoms with E-state index in [1.54, 1.807) is 0 Å². The highest BCUT2D eigenvalue weighted by molar-refractivity contribution is 6.31. The summed E-state index contributed by atoms with van der Waals surface area (Å²) in [6.45, 7) is 0. The van der Waals surface area contributed by atoms with Gasteiger partial charge in [0, 0.05) is 5.02 Å². The predicted molar refractivity (Wildman–Crippen MR) is 71.2 cm³/mol. The average Bonchev–Trinajstić information content (AvgIpc) is 2.66. The molecule has 0 spiro atoms. The van der Waals surface area contributed by atoms with Gasteiger partial charge >= 0.3 is 0 Å². The summed E-state index contributed by atoms with van der Waals surface area (Å²) in [5.74, 6) is 0. The summed E-state index contributed by atoms with van der Waals surface area (Å²) in [7, 11) is 0. The normalized spacial score (nSPS) is 16.8. The van der Waals surface area contributed by atoms with Gasteiger partial charge in [0.2, 0.25) is 0 Å². The number of hydrogen-bond acceptors (Lipinski definition) is 1. The van der Waals surface area contributed by atoms with Crippen LogP contribution in [0.15, 0.2) is 48.5 Å². The van der Waals surface area contributed by atoms with E-state index in [1.165, 1.54) is 11.1 Å². The Labute approximate surface area is 106 Å². The van der Waals surface area contributed by atoms with Crippen molar-refractivity contribution >= 4 is 11.6 Å². The largest absolute Gasteiger partial charge is 0.321 e. The summed E-state index contributed by atoms with van der Waals surface area (Å²) >= 11 is 6.26. The summed E-state index contributed by atoms with van der Waals surface area (Å²) in [6.07, 6.45) is 1.74. The Morgan fingerprint density at radius 3 is 2.00 bits per heavy atom. The SMILES string of the molecule is NC1(c2ccccc2Cl)Cc2ccccc2C1. The Kier molecular flexibility index (Phi) is 2.46. The number of rotatable bonds is 1. The van der Waals surface area contributed by atoms with Crippen LogP contribution in [0, 0.1) is 0 Å². The molecule has 0 aromatic heterocycles. The molecule has 0 atom stereocenters. The predicted octanol–water partition coefficient (Wildman–Crippen LogP) is 3.29. The van der Waals surface area contributed by atoms with Gasteiger partial charge in [0.05, 0.1) is 5.54 Å². The average molecular weight is 244 g/mol. The van der Waals surface area contributed by atoms with Crippen LogP contribution in [0.25, 0.3) is 0 Å². The number of nitrogens with two attached hydrogens (primary N) is 1. The standard InChI is InChI=1S/C15H14ClN/c16-14-8-4-3-7-13(14)15(17)9-11-5-1-2-6-12(11)10-15/h1-8H,9-10,17H2. The number of fused-ring (bicyclic) bond motifs is 1. The molecular formula is C15H14ClN. The van der Waals surface area contributed by atoms with Gasteiger partial charge in [-0.3, -0.25) is 0 Å². The summed E-state index contributed by atoms with van der Waals surface area (Å²) in [6, 6.07) is 16.3. The Hall–Kier alpha value is -1.31. The fraction of sp³-hybridized carbons (Fsp3) is 0.200. The van der Waals surface area contributed by atoms with Gasteiger partial charge in [-0.25, -0.2) is 0 Å². The van der Waals surface area contributed by atoms with Gasteiger partial charge in [-0.1, -0.05) is 54.1 Å². The third kappa shape index (κ3) is 1.76. The van der Waals surface area contributed by atoms with E-state index in [0.717, 1.165) is 23.4 Å². The molecule has 2 aromatic rings. The monoisotopic (exact) mass is 243 g/mol. The van der Waals surface area contributed by atoms with Crippen LogP contribution in [0.5, 0.6) is 0 Å². The van der Waals surface area contributed by atoms with Gasteiger partial charge in [0.1, 0.15) is 0 Å². The van der Waals surface area contributed by atoms with E-state index in [1.807, 2.05) is 24.3 Å². The van der Waals surface area contributed by atoms with E-state index >= 15 is 0 Å². The van der Waals surface area contributed by atoms with Gasteiger partial charge in [-0.05, 0) is 35.6 Å². The molecule has 1 aliphatic carbocycles. The molecule has 86 valence electrons. The van der Waals surface area contributed by atoms with E-state index < -0.39 is 0 Å². The van der Waals surface area contributed by atoms with Crippen molar-refractivity contribution in [2.75, 3.05) is 0 Å². The van der Waals surface area contributed by atoms with Crippen LogP contribution < -0.4 is 5.73 Å². The van der Waals surface area contributed by atoms with Crippen LogP contribution in [-0.4, -0.2) is 0 Å². The van der Waals surface area contributed by atoms with Gasteiger partial charge in [0.15, 0.2) is 0 Å². The summed E-state index contributed by atoms with van der Waals surface area (Å²) in [4.78, 5) is 0. The van der Waals surface area contributed by atoms with Crippen LogP contribution in [0.2, 0.25) is 5.02 Å². The Morgan fingerprint density at radius 1 is 0.882 bits per heavy atom. The number of benzene rings is 2. The summed E-state index contributed by atoms with van der Waals surface area (Å²) < 4.78 is 0. The molecule has 2 N–H and O–H groups in total. The second-order valence-corrected chi connectivity index (χ2v) is 5.17. The summed E-state index contributed by atoms with van der Waals surface area (Å²) in [5.41, 5.74) is 9.94. The second-order valence-electron chi connectivity index (χ2n) is 4.76. The van der Waals surface area contributed by atoms with Crippen LogP contribution in [0.3, 0.4) is 0 Å². The van der Waals surface area contributed by atoms with Gasteiger partial charge < -0.3 is 5.73 Å². The molecule has 0 fully saturated rings. The van der Waals surface area contributed by atoms with Crippen molar-refractivity contribution in [2.45, 2.75) is 18.4 Å². The van der Waals surface area contributed by atoms with Crippen molar-refractivity contribution in [2.24, 2.45) is 5.73 Å². The molecule has 0 heterocycles. The maximum absolute atomic E-state index is 6.55. The lowest BCUT2D eigenvalue weighted by Crippen LogP contribution is -2.37. The third-order valence-corrected chi connectivity index (χ3v) is 3.87. The Balaban J connectivity index is 2.05. The molecule has 2 heteroatoms. The minimum absolute atomic E-state index is 0.345. The smallest absolute Gasteiger partial charge is 0.0506 e. The fourth-order valence-corrected chi connectivity index (χ4v) is 3.02. The van der Waals surface area contributed by atoms with Crippen molar-refractivity contribution in [1.29, 1.82) is 0 Å². The lowest BCUT2D eigenvalue weighted by atomic mass is 9.88. The second kappa shape index (κ2) is 3.86. The van der Waals surface area contributed by atoms with Gasteiger partial charge in [0.25, 0.3) is 0 Å². The topological polar surface area (TPSA) is 26.0 Å². The fourth-order valence-electron chi connectivity index (χ4n) is 2.70. The Bertz CT molecular complexity index is 537. The van der Waals surface area contributed by atoms with Crippen molar-refractivity contribution in [3.05, 3.63) is 70.2 Å². The van der Waals surface area contributed by atoms with Crippen LogP contribution in [0.1, 0.15) is 16.7 Å². The van der Waals surface area contributed by atoms with Crippen LogP contribution >= 0.6 is 11.6 Å². The maximum Gasteiger partial charge on any atom is 0.0506 e. The van der Waals surface area contributed by atoms with E-state index in [4.69, 9.17) is 17.3 Å². The molecule has 2 aromatic carbocycles. The molecule has 1 aliphatic rings. The number of halogens is 1. The molecule has 0 saturated carbocycles. The van der Waals surface area contributed by atoms with Gasteiger partial charge in [-0.2, -0.15) is 0 Å². The number of hydrogen-bond donors (Lipinski definition) is 1. The Morgan fingerprint density at radius 2 is 1.41 bits per heavy atom. The minimum atomic E-state index is -0.345.